The van der Waals surface area contributed by atoms with Crippen LogP contribution in [0.1, 0.15) is 98.3 Å². The number of carboxylic acids is 1. The topological polar surface area (TPSA) is 306 Å². The molecule has 0 saturated carbocycles. The van der Waals surface area contributed by atoms with Crippen molar-refractivity contribution in [1.29, 1.82) is 0 Å². The number of rotatable bonds is 24. The lowest BCUT2D eigenvalue weighted by Gasteiger charge is -2.14. The molecule has 0 aliphatic heterocycles. The minimum atomic E-state index is -1.26. The Kier molecular flexibility index (Phi) is 28.1. The number of carbonyl (C=O) groups excluding carboxylic acids is 3. The number of primary amides is 1. The van der Waals surface area contributed by atoms with Gasteiger partial charge in [0, 0.05) is 66.6 Å². The normalized spacial score (nSPS) is 10.3. The smallest absolute Gasteiger partial charge is 0.342 e. The molecule has 0 unspecified atom stereocenters. The third-order valence-corrected chi connectivity index (χ3v) is 12.8. The van der Waals surface area contributed by atoms with Crippen LogP contribution in [0.25, 0.3) is 0 Å². The van der Waals surface area contributed by atoms with E-state index in [2.05, 4.69) is 57.2 Å². The Bertz CT molecular complexity index is 3860. The number of hydrogen-bond donors (Lipinski definition) is 9. The molecule has 4 aromatic heterocycles. The van der Waals surface area contributed by atoms with Crippen LogP contribution in [0.5, 0.6) is 23.0 Å². The van der Waals surface area contributed by atoms with Crippen LogP contribution in [0, 0.1) is 51.0 Å². The Labute approximate surface area is 546 Å². The van der Waals surface area contributed by atoms with Crippen LogP contribution in [0.3, 0.4) is 0 Å². The van der Waals surface area contributed by atoms with Crippen molar-refractivity contribution in [2.45, 2.75) is 62.3 Å². The summed E-state index contributed by atoms with van der Waals surface area (Å²) in [7, 11) is 6.23. The number of aromatic nitrogens is 4. The van der Waals surface area contributed by atoms with Gasteiger partial charge in [-0.15, -0.1) is 0 Å². The third kappa shape index (κ3) is 21.4. The number of halogens is 5. The SMILES string of the molecule is CCNc1nc(Nc2cc(C)cc(OC)c2)c(C(=O)O)cc1F.CCNc1nc(Nc2cc(C)cc(OC)c2)c(C(=O)OCC)cc1F.CCNc1nc(Nc2cc(C)cc(OC)c2)c(C(N)=O)cc1F.CCOC(=O)c1cc(F)c(Cl)nc1Nc1cc(C)cc(OC)c1. The largest absolute Gasteiger partial charge is 0.497 e. The van der Waals surface area contributed by atoms with E-state index in [0.717, 1.165) is 46.5 Å². The molecule has 23 nitrogen and oxygen atoms in total. The van der Waals surface area contributed by atoms with Crippen LogP contribution < -0.4 is 61.9 Å². The molecule has 8 rings (SSSR count). The van der Waals surface area contributed by atoms with Gasteiger partial charge < -0.3 is 76.5 Å². The molecule has 4 aromatic carbocycles. The summed E-state index contributed by atoms with van der Waals surface area (Å²) in [6, 6.07) is 25.9. The lowest BCUT2D eigenvalue weighted by Crippen LogP contribution is -2.16. The van der Waals surface area contributed by atoms with Crippen molar-refractivity contribution >= 4 is 98.9 Å². The highest BCUT2D eigenvalue weighted by Gasteiger charge is 2.23. The number of carbonyl (C=O) groups is 4. The van der Waals surface area contributed by atoms with Crippen molar-refractivity contribution < 1.29 is 70.3 Å². The van der Waals surface area contributed by atoms with Gasteiger partial charge in [-0.05, 0) is 157 Å². The third-order valence-electron chi connectivity index (χ3n) is 12.6. The van der Waals surface area contributed by atoms with E-state index in [1.807, 2.05) is 90.1 Å². The highest BCUT2D eigenvalue weighted by Crippen LogP contribution is 2.32. The molecule has 0 bridgehead atoms. The Morgan fingerprint density at radius 1 is 0.415 bits per heavy atom. The molecular formula is C66H75ClF4N12O11. The molecule has 94 heavy (non-hydrogen) atoms. The predicted octanol–water partition coefficient (Wildman–Crippen LogP) is 14.2. The molecule has 1 amide bonds. The number of amides is 1. The molecule has 0 saturated heterocycles. The van der Waals surface area contributed by atoms with Gasteiger partial charge in [0.05, 0.1) is 47.2 Å². The first-order valence-corrected chi connectivity index (χ1v) is 29.5. The Balaban J connectivity index is 0.000000227. The standard InChI is InChI=1S/C18H22FN3O3.C16H16ClFN2O3.C16H19FN4O2.C16H18FN3O3/c1-5-20-17-15(19)10-14(18(23)25-6-2)16(22-17)21-12-7-11(3)8-13(9-12)24-4;1-4-23-16(21)12-8-13(18)14(17)20-15(12)19-10-5-9(2)6-11(7-10)22-3;1-4-19-16-13(17)8-12(14(18)22)15(21-16)20-10-5-9(2)6-11(7-10)23-3;1-4-18-15-13(17)8-12(16(21)22)14(20-15)19-10-5-9(2)6-11(7-10)23-3/h7-10H,5-6H2,1-4H3,(H2,20,21,22);5-8H,4H2,1-3H3,(H,19,20);5-8H,4H2,1-3H3,(H2,18,22)(H2,19,20,21);5-8H,4H2,1-3H3,(H,21,22)(H2,18,19,20). The number of anilines is 11. The number of pyridine rings is 4. The number of esters is 2. The summed E-state index contributed by atoms with van der Waals surface area (Å²) in [5, 5.41) is 29.2. The lowest BCUT2D eigenvalue weighted by molar-refractivity contribution is 0.0517. The second kappa shape index (κ2) is 35.7. The maximum Gasteiger partial charge on any atom is 0.342 e. The highest BCUT2D eigenvalue weighted by atomic mass is 35.5. The average molecular weight is 1320 g/mol. The molecular weight excluding hydrogens is 1250 g/mol. The molecule has 500 valence electrons. The van der Waals surface area contributed by atoms with E-state index >= 15 is 0 Å². The second-order valence-electron chi connectivity index (χ2n) is 20.0. The molecule has 10 N–H and O–H groups in total. The molecule has 28 heteroatoms. The van der Waals surface area contributed by atoms with Gasteiger partial charge in [-0.3, -0.25) is 4.79 Å². The molecule has 0 atom stereocenters. The number of carboxylic acid groups (broad SMARTS) is 1. The monoisotopic (exact) mass is 1320 g/mol. The fourth-order valence-corrected chi connectivity index (χ4v) is 8.71. The van der Waals surface area contributed by atoms with E-state index in [9.17, 15) is 41.8 Å². The minimum Gasteiger partial charge on any atom is -0.497 e. The number of ether oxygens (including phenoxy) is 6. The van der Waals surface area contributed by atoms with Gasteiger partial charge in [0.15, 0.2) is 45.9 Å². The summed E-state index contributed by atoms with van der Waals surface area (Å²) in [6.07, 6.45) is 0. The van der Waals surface area contributed by atoms with Gasteiger partial charge in [-0.1, -0.05) is 11.6 Å². The molecule has 0 radical (unpaired) electrons. The van der Waals surface area contributed by atoms with Crippen LogP contribution in [-0.4, -0.2) is 110 Å². The lowest BCUT2D eigenvalue weighted by atomic mass is 10.2. The van der Waals surface area contributed by atoms with E-state index in [1.165, 1.54) is 0 Å². The molecule has 4 heterocycles. The number of methoxy groups -OCH3 is 4. The van der Waals surface area contributed by atoms with E-state index in [0.29, 0.717) is 65.4 Å². The quantitative estimate of drug-likeness (QED) is 0.0154. The molecule has 0 spiro atoms. The number of nitrogens with one attached hydrogen (secondary N) is 7. The number of aromatic carboxylic acids is 1. The van der Waals surface area contributed by atoms with Gasteiger partial charge in [0.1, 0.15) is 63.0 Å². The number of aryl methyl sites for hydroxylation is 4. The van der Waals surface area contributed by atoms with E-state index in [-0.39, 0.29) is 81.3 Å². The summed E-state index contributed by atoms with van der Waals surface area (Å²) in [5.41, 5.74) is 11.4. The van der Waals surface area contributed by atoms with Gasteiger partial charge in [0.2, 0.25) is 0 Å². The number of nitrogens with zero attached hydrogens (tertiary/aromatic N) is 4. The summed E-state index contributed by atoms with van der Waals surface area (Å²) >= 11 is 5.72. The Morgan fingerprint density at radius 3 is 0.979 bits per heavy atom. The first-order chi connectivity index (χ1) is 44.8. The molecule has 0 aliphatic rings. The van der Waals surface area contributed by atoms with Crippen molar-refractivity contribution in [1.82, 2.24) is 19.9 Å². The summed E-state index contributed by atoms with van der Waals surface area (Å²) < 4.78 is 86.3. The number of nitrogens with two attached hydrogens (primary N) is 1. The second-order valence-corrected chi connectivity index (χ2v) is 20.3. The van der Waals surface area contributed by atoms with E-state index < -0.39 is 47.1 Å². The Morgan fingerprint density at radius 2 is 0.691 bits per heavy atom. The first-order valence-electron chi connectivity index (χ1n) is 29.1. The van der Waals surface area contributed by atoms with Crippen molar-refractivity contribution in [3.8, 4) is 23.0 Å². The molecule has 8 aromatic rings. The Hall–Kier alpha value is -10.8. The molecule has 0 aliphatic carbocycles. The fraction of sp³-hybridized carbons (Fsp3) is 0.273. The van der Waals surface area contributed by atoms with Gasteiger partial charge in [-0.25, -0.2) is 51.9 Å². The summed E-state index contributed by atoms with van der Waals surface area (Å²) in [6.45, 7) is 18.2. The van der Waals surface area contributed by atoms with Crippen LogP contribution in [0.4, 0.5) is 81.0 Å². The van der Waals surface area contributed by atoms with E-state index in [1.54, 1.807) is 73.5 Å². The summed E-state index contributed by atoms with van der Waals surface area (Å²) in [5.74, 6) is -2.83. The first kappa shape index (κ1) is 73.9. The van der Waals surface area contributed by atoms with Crippen molar-refractivity contribution in [2.75, 3.05) is 98.5 Å². The zero-order chi connectivity index (χ0) is 69.3. The number of benzene rings is 4. The molecule has 0 fully saturated rings. The minimum absolute atomic E-state index is 0.000354. The van der Waals surface area contributed by atoms with Gasteiger partial charge >= 0.3 is 17.9 Å². The van der Waals surface area contributed by atoms with Gasteiger partial charge in [-0.2, -0.15) is 0 Å². The van der Waals surface area contributed by atoms with E-state index in [4.69, 9.17) is 45.8 Å². The van der Waals surface area contributed by atoms with Crippen molar-refractivity contribution in [2.24, 2.45) is 5.73 Å². The zero-order valence-electron chi connectivity index (χ0n) is 54.1. The maximum atomic E-state index is 14.2. The highest BCUT2D eigenvalue weighted by molar-refractivity contribution is 6.29. The predicted molar refractivity (Wildman–Crippen MR) is 356 cm³/mol. The fourth-order valence-electron chi connectivity index (χ4n) is 8.57. The number of hydrogen-bond acceptors (Lipinski definition) is 21. The maximum absolute atomic E-state index is 14.2. The van der Waals surface area contributed by atoms with Crippen LogP contribution >= 0.6 is 11.6 Å². The summed E-state index contributed by atoms with van der Waals surface area (Å²) in [4.78, 5) is 63.3. The van der Waals surface area contributed by atoms with Crippen LogP contribution in [0.2, 0.25) is 5.15 Å². The average Bonchev–Trinajstić information content (AvgIpc) is 0.841. The van der Waals surface area contributed by atoms with Gasteiger partial charge in [0.25, 0.3) is 5.91 Å². The zero-order valence-corrected chi connectivity index (χ0v) is 54.8. The van der Waals surface area contributed by atoms with Crippen molar-refractivity contribution in [3.05, 3.63) is 170 Å². The van der Waals surface area contributed by atoms with Crippen molar-refractivity contribution in [3.63, 3.8) is 0 Å². The van der Waals surface area contributed by atoms with Crippen LogP contribution in [-0.2, 0) is 9.47 Å². The van der Waals surface area contributed by atoms with Crippen LogP contribution in [0.15, 0.2) is 97.1 Å².